The van der Waals surface area contributed by atoms with E-state index in [2.05, 4.69) is 23.7 Å². The summed E-state index contributed by atoms with van der Waals surface area (Å²) in [5, 5.41) is 0. The van der Waals surface area contributed by atoms with Gasteiger partial charge in [0.1, 0.15) is 0 Å². The molecule has 0 amide bonds. The summed E-state index contributed by atoms with van der Waals surface area (Å²) in [5.41, 5.74) is 9.18. The standard InChI is InChI=1S/C16H24N4/c1-3-16(4-2)7-9-20(10-8-16)15-18-13-6-5-12(17)11-14(13)19-15/h5-6,11H,3-4,7-10,17H2,1-2H3,(H,18,19). The van der Waals surface area contributed by atoms with Crippen molar-refractivity contribution < 1.29 is 0 Å². The molecule has 4 heteroatoms. The number of anilines is 2. The Bertz CT molecular complexity index is 588. The van der Waals surface area contributed by atoms with Gasteiger partial charge in [0.25, 0.3) is 0 Å². The van der Waals surface area contributed by atoms with Crippen molar-refractivity contribution in [2.45, 2.75) is 39.5 Å². The molecule has 3 rings (SSSR count). The quantitative estimate of drug-likeness (QED) is 0.840. The number of fused-ring (bicyclic) bond motifs is 1. The average Bonchev–Trinajstić information content (AvgIpc) is 2.90. The maximum absolute atomic E-state index is 5.82. The van der Waals surface area contributed by atoms with E-state index in [1.165, 1.54) is 25.7 Å². The number of benzene rings is 1. The van der Waals surface area contributed by atoms with Crippen LogP contribution in [0.15, 0.2) is 18.2 Å². The van der Waals surface area contributed by atoms with Gasteiger partial charge in [0, 0.05) is 18.8 Å². The Morgan fingerprint density at radius 2 is 1.95 bits per heavy atom. The number of piperidine rings is 1. The maximum Gasteiger partial charge on any atom is 0.203 e. The summed E-state index contributed by atoms with van der Waals surface area (Å²) in [6.45, 7) is 6.83. The van der Waals surface area contributed by atoms with Gasteiger partial charge in [0.05, 0.1) is 11.0 Å². The van der Waals surface area contributed by atoms with Crippen molar-refractivity contribution in [2.24, 2.45) is 5.41 Å². The van der Waals surface area contributed by atoms with E-state index >= 15 is 0 Å². The van der Waals surface area contributed by atoms with Gasteiger partial charge < -0.3 is 15.6 Å². The molecule has 1 aliphatic rings. The molecule has 1 fully saturated rings. The Morgan fingerprint density at radius 1 is 1.25 bits per heavy atom. The molecule has 2 heterocycles. The van der Waals surface area contributed by atoms with Crippen LogP contribution >= 0.6 is 0 Å². The van der Waals surface area contributed by atoms with E-state index in [0.717, 1.165) is 35.8 Å². The number of imidazole rings is 1. The minimum atomic E-state index is 0.549. The molecule has 108 valence electrons. The summed E-state index contributed by atoms with van der Waals surface area (Å²) in [5.74, 6) is 0.992. The number of aromatic nitrogens is 2. The normalized spacial score (nSPS) is 18.6. The van der Waals surface area contributed by atoms with E-state index in [-0.39, 0.29) is 0 Å². The molecule has 1 aliphatic heterocycles. The first kappa shape index (κ1) is 13.3. The van der Waals surface area contributed by atoms with Crippen LogP contribution in [-0.2, 0) is 0 Å². The largest absolute Gasteiger partial charge is 0.399 e. The van der Waals surface area contributed by atoms with Crippen LogP contribution < -0.4 is 10.6 Å². The van der Waals surface area contributed by atoms with Crippen molar-refractivity contribution in [1.29, 1.82) is 0 Å². The van der Waals surface area contributed by atoms with Crippen molar-refractivity contribution >= 4 is 22.7 Å². The lowest BCUT2D eigenvalue weighted by Gasteiger charge is -2.40. The lowest BCUT2D eigenvalue weighted by molar-refractivity contribution is 0.199. The molecule has 1 aromatic heterocycles. The molecule has 0 aliphatic carbocycles. The first-order valence-electron chi connectivity index (χ1n) is 7.66. The molecule has 0 saturated carbocycles. The number of nitrogens with one attached hydrogen (secondary N) is 1. The molecule has 4 nitrogen and oxygen atoms in total. The molecule has 1 aromatic carbocycles. The van der Waals surface area contributed by atoms with Gasteiger partial charge in [0.15, 0.2) is 0 Å². The second-order valence-electron chi connectivity index (χ2n) is 6.03. The van der Waals surface area contributed by atoms with Crippen molar-refractivity contribution in [3.63, 3.8) is 0 Å². The zero-order valence-corrected chi connectivity index (χ0v) is 12.4. The van der Waals surface area contributed by atoms with E-state index in [9.17, 15) is 0 Å². The molecule has 0 radical (unpaired) electrons. The highest BCUT2D eigenvalue weighted by Gasteiger charge is 2.32. The molecule has 3 N–H and O–H groups in total. The van der Waals surface area contributed by atoms with Crippen molar-refractivity contribution in [1.82, 2.24) is 9.97 Å². The summed E-state index contributed by atoms with van der Waals surface area (Å²) in [6, 6.07) is 5.84. The SMILES string of the molecule is CCC1(CC)CCN(c2nc3ccc(N)cc3[nH]2)CC1. The van der Waals surface area contributed by atoms with Crippen LogP contribution in [0.5, 0.6) is 0 Å². The van der Waals surface area contributed by atoms with Crippen LogP contribution in [0.2, 0.25) is 0 Å². The molecular formula is C16H24N4. The van der Waals surface area contributed by atoms with Crippen LogP contribution in [0.3, 0.4) is 0 Å². The molecule has 0 bridgehead atoms. The lowest BCUT2D eigenvalue weighted by Crippen LogP contribution is -2.40. The number of nitrogen functional groups attached to an aromatic ring is 1. The third-order valence-electron chi connectivity index (χ3n) is 5.12. The molecule has 20 heavy (non-hydrogen) atoms. The number of nitrogens with zero attached hydrogens (tertiary/aromatic N) is 2. The van der Waals surface area contributed by atoms with Crippen LogP contribution in [0.1, 0.15) is 39.5 Å². The van der Waals surface area contributed by atoms with Crippen LogP contribution in [0.25, 0.3) is 11.0 Å². The molecule has 1 saturated heterocycles. The van der Waals surface area contributed by atoms with E-state index < -0.39 is 0 Å². The van der Waals surface area contributed by atoms with Gasteiger partial charge in [0.2, 0.25) is 5.95 Å². The topological polar surface area (TPSA) is 57.9 Å². The number of hydrogen-bond donors (Lipinski definition) is 2. The highest BCUT2D eigenvalue weighted by molar-refractivity contribution is 5.80. The van der Waals surface area contributed by atoms with Gasteiger partial charge in [-0.2, -0.15) is 0 Å². The number of hydrogen-bond acceptors (Lipinski definition) is 3. The predicted molar refractivity (Wildman–Crippen MR) is 85.0 cm³/mol. The van der Waals surface area contributed by atoms with Gasteiger partial charge in [-0.1, -0.05) is 26.7 Å². The third kappa shape index (κ3) is 2.23. The summed E-state index contributed by atoms with van der Waals surface area (Å²) in [4.78, 5) is 10.5. The zero-order chi connectivity index (χ0) is 14.2. The third-order valence-corrected chi connectivity index (χ3v) is 5.12. The molecule has 2 aromatic rings. The first-order valence-corrected chi connectivity index (χ1v) is 7.66. The van der Waals surface area contributed by atoms with E-state index in [0.29, 0.717) is 5.41 Å². The number of nitrogens with two attached hydrogens (primary N) is 1. The van der Waals surface area contributed by atoms with Gasteiger partial charge in [-0.25, -0.2) is 4.98 Å². The molecule has 0 unspecified atom stereocenters. The minimum absolute atomic E-state index is 0.549. The second-order valence-corrected chi connectivity index (χ2v) is 6.03. The maximum atomic E-state index is 5.82. The smallest absolute Gasteiger partial charge is 0.203 e. The van der Waals surface area contributed by atoms with Gasteiger partial charge in [-0.05, 0) is 36.5 Å². The molecule has 0 atom stereocenters. The molecular weight excluding hydrogens is 248 g/mol. The van der Waals surface area contributed by atoms with E-state index in [1.807, 2.05) is 18.2 Å². The Morgan fingerprint density at radius 3 is 2.60 bits per heavy atom. The lowest BCUT2D eigenvalue weighted by atomic mass is 9.74. The Kier molecular flexibility index (Phi) is 3.32. The zero-order valence-electron chi connectivity index (χ0n) is 12.4. The molecule has 0 spiro atoms. The Labute approximate surface area is 120 Å². The summed E-state index contributed by atoms with van der Waals surface area (Å²) in [7, 11) is 0. The number of aromatic amines is 1. The van der Waals surface area contributed by atoms with Crippen LogP contribution in [-0.4, -0.2) is 23.1 Å². The fourth-order valence-electron chi connectivity index (χ4n) is 3.31. The second kappa shape index (κ2) is 5.00. The van der Waals surface area contributed by atoms with E-state index in [4.69, 9.17) is 10.7 Å². The predicted octanol–water partition coefficient (Wildman–Crippen LogP) is 3.55. The fourth-order valence-corrected chi connectivity index (χ4v) is 3.31. The van der Waals surface area contributed by atoms with Crippen molar-refractivity contribution in [3.05, 3.63) is 18.2 Å². The van der Waals surface area contributed by atoms with Gasteiger partial charge in [-0.3, -0.25) is 0 Å². The fraction of sp³-hybridized carbons (Fsp3) is 0.562. The van der Waals surface area contributed by atoms with Crippen molar-refractivity contribution in [3.8, 4) is 0 Å². The van der Waals surface area contributed by atoms with Gasteiger partial charge >= 0.3 is 0 Å². The average molecular weight is 272 g/mol. The summed E-state index contributed by atoms with van der Waals surface area (Å²) < 4.78 is 0. The Balaban J connectivity index is 1.79. The number of H-pyrrole nitrogens is 1. The van der Waals surface area contributed by atoms with Crippen LogP contribution in [0.4, 0.5) is 11.6 Å². The summed E-state index contributed by atoms with van der Waals surface area (Å²) in [6.07, 6.45) is 5.10. The Hall–Kier alpha value is -1.71. The number of rotatable bonds is 3. The highest BCUT2D eigenvalue weighted by Crippen LogP contribution is 2.38. The van der Waals surface area contributed by atoms with Crippen molar-refractivity contribution in [2.75, 3.05) is 23.7 Å². The summed E-state index contributed by atoms with van der Waals surface area (Å²) >= 11 is 0. The van der Waals surface area contributed by atoms with Gasteiger partial charge in [-0.15, -0.1) is 0 Å². The first-order chi connectivity index (χ1) is 9.65. The minimum Gasteiger partial charge on any atom is -0.399 e. The monoisotopic (exact) mass is 272 g/mol. The highest BCUT2D eigenvalue weighted by atomic mass is 15.3. The van der Waals surface area contributed by atoms with E-state index in [1.54, 1.807) is 0 Å². The van der Waals surface area contributed by atoms with Crippen LogP contribution in [0, 0.1) is 5.41 Å².